The van der Waals surface area contributed by atoms with Crippen LogP contribution in [0.3, 0.4) is 0 Å². The number of carbonyl (C=O) groups is 1. The number of nitrogens with zero attached hydrogens (tertiary/aromatic N) is 2. The number of benzene rings is 1. The Morgan fingerprint density at radius 1 is 1.17 bits per heavy atom. The van der Waals surface area contributed by atoms with E-state index in [0.29, 0.717) is 43.7 Å². The molecule has 1 aromatic rings. The van der Waals surface area contributed by atoms with Crippen LogP contribution >= 0.6 is 0 Å². The number of ether oxygens (including phenoxy) is 1. The first-order chi connectivity index (χ1) is 14.5. The molecular formula is C22H33N3O4S. The van der Waals surface area contributed by atoms with E-state index in [4.69, 9.17) is 4.74 Å². The van der Waals surface area contributed by atoms with Crippen LogP contribution in [-0.2, 0) is 14.8 Å². The van der Waals surface area contributed by atoms with Crippen LogP contribution in [-0.4, -0.2) is 62.4 Å². The number of piperidine rings is 1. The zero-order valence-electron chi connectivity index (χ0n) is 17.8. The number of rotatable bonds is 10. The Bertz CT molecular complexity index is 859. The van der Waals surface area contributed by atoms with Crippen LogP contribution in [0.2, 0.25) is 0 Å². The third kappa shape index (κ3) is 5.34. The normalized spacial score (nSPS) is 20.3. The van der Waals surface area contributed by atoms with Gasteiger partial charge in [-0.25, -0.2) is 8.42 Å². The minimum atomic E-state index is -3.57. The Kier molecular flexibility index (Phi) is 6.65. The molecule has 0 bridgehead atoms. The van der Waals surface area contributed by atoms with Crippen molar-refractivity contribution in [1.82, 2.24) is 9.21 Å². The van der Waals surface area contributed by atoms with Crippen LogP contribution in [0, 0.1) is 5.92 Å². The van der Waals surface area contributed by atoms with Crippen molar-refractivity contribution in [3.8, 4) is 5.75 Å². The van der Waals surface area contributed by atoms with Crippen LogP contribution in [0.4, 0.5) is 5.69 Å². The average Bonchev–Trinajstić information content (AvgIpc) is 3.63. The third-order valence-corrected chi connectivity index (χ3v) is 7.97. The van der Waals surface area contributed by atoms with Crippen LogP contribution < -0.4 is 10.1 Å². The molecule has 1 N–H and O–H groups in total. The van der Waals surface area contributed by atoms with Gasteiger partial charge in [-0.05, 0) is 69.6 Å². The molecule has 0 spiro atoms. The van der Waals surface area contributed by atoms with E-state index < -0.39 is 10.0 Å². The summed E-state index contributed by atoms with van der Waals surface area (Å²) in [5.74, 6) is 1.12. The Labute approximate surface area is 179 Å². The maximum Gasteiger partial charge on any atom is 0.243 e. The number of hydrogen-bond acceptors (Lipinski definition) is 5. The number of anilines is 1. The van der Waals surface area contributed by atoms with Crippen molar-refractivity contribution in [1.29, 1.82) is 0 Å². The highest BCUT2D eigenvalue weighted by Crippen LogP contribution is 2.35. The number of nitrogens with one attached hydrogen (secondary N) is 1. The molecule has 0 aromatic heterocycles. The monoisotopic (exact) mass is 435 g/mol. The predicted molar refractivity (Wildman–Crippen MR) is 116 cm³/mol. The Morgan fingerprint density at radius 3 is 2.53 bits per heavy atom. The highest BCUT2D eigenvalue weighted by Gasteiger charge is 2.34. The third-order valence-electron chi connectivity index (χ3n) is 6.08. The lowest BCUT2D eigenvalue weighted by Gasteiger charge is -2.26. The molecular weight excluding hydrogens is 402 g/mol. The fraction of sp³-hybridized carbons (Fsp3) is 0.682. The Morgan fingerprint density at radius 2 is 1.90 bits per heavy atom. The van der Waals surface area contributed by atoms with E-state index in [2.05, 4.69) is 10.2 Å². The zero-order valence-corrected chi connectivity index (χ0v) is 18.6. The van der Waals surface area contributed by atoms with Crippen LogP contribution in [0.1, 0.15) is 51.9 Å². The quantitative estimate of drug-likeness (QED) is 0.611. The molecule has 4 rings (SSSR count). The van der Waals surface area contributed by atoms with Gasteiger partial charge in [0.05, 0.1) is 23.7 Å². The van der Waals surface area contributed by atoms with Gasteiger partial charge in [0.15, 0.2) is 0 Å². The zero-order chi connectivity index (χ0) is 21.1. The molecule has 1 aromatic carbocycles. The summed E-state index contributed by atoms with van der Waals surface area (Å²) in [6.07, 6.45) is 7.68. The van der Waals surface area contributed by atoms with E-state index in [1.165, 1.54) is 12.8 Å². The molecule has 1 amide bonds. The molecule has 3 fully saturated rings. The van der Waals surface area contributed by atoms with Crippen molar-refractivity contribution in [3.63, 3.8) is 0 Å². The van der Waals surface area contributed by atoms with E-state index in [-0.39, 0.29) is 10.8 Å². The van der Waals surface area contributed by atoms with Crippen molar-refractivity contribution in [3.05, 3.63) is 18.2 Å². The topological polar surface area (TPSA) is 79.0 Å². The molecule has 3 aliphatic rings. The van der Waals surface area contributed by atoms with Crippen LogP contribution in [0.15, 0.2) is 23.1 Å². The van der Waals surface area contributed by atoms with Crippen LogP contribution in [0.5, 0.6) is 5.75 Å². The van der Waals surface area contributed by atoms with Gasteiger partial charge in [0.1, 0.15) is 5.75 Å². The van der Waals surface area contributed by atoms with Gasteiger partial charge in [-0.2, -0.15) is 4.31 Å². The molecule has 8 heteroatoms. The number of hydrogen-bond donors (Lipinski definition) is 1. The molecule has 7 nitrogen and oxygen atoms in total. The molecule has 1 heterocycles. The van der Waals surface area contributed by atoms with Gasteiger partial charge in [-0.3, -0.25) is 9.69 Å². The van der Waals surface area contributed by atoms with Crippen molar-refractivity contribution in [2.45, 2.75) is 62.8 Å². The van der Waals surface area contributed by atoms with E-state index in [1.54, 1.807) is 22.5 Å². The molecule has 2 saturated carbocycles. The number of amides is 1. The molecule has 166 valence electrons. The van der Waals surface area contributed by atoms with E-state index >= 15 is 0 Å². The van der Waals surface area contributed by atoms with Gasteiger partial charge in [-0.15, -0.1) is 0 Å². The summed E-state index contributed by atoms with van der Waals surface area (Å²) in [4.78, 5) is 15.3. The fourth-order valence-electron chi connectivity index (χ4n) is 4.09. The maximum atomic E-state index is 13.1. The van der Waals surface area contributed by atoms with Gasteiger partial charge in [0, 0.05) is 25.7 Å². The highest BCUT2D eigenvalue weighted by molar-refractivity contribution is 7.89. The summed E-state index contributed by atoms with van der Waals surface area (Å²) in [7, 11) is -3.57. The molecule has 0 atom stereocenters. The fourth-order valence-corrected chi connectivity index (χ4v) is 5.64. The second kappa shape index (κ2) is 9.24. The van der Waals surface area contributed by atoms with E-state index in [9.17, 15) is 13.2 Å². The number of carbonyl (C=O) groups excluding carboxylic acids is 1. The van der Waals surface area contributed by atoms with Gasteiger partial charge >= 0.3 is 0 Å². The summed E-state index contributed by atoms with van der Waals surface area (Å²) in [5.41, 5.74) is 0.433. The van der Waals surface area contributed by atoms with Crippen molar-refractivity contribution < 1.29 is 17.9 Å². The molecule has 0 radical (unpaired) electrons. The second-order valence-electron chi connectivity index (χ2n) is 8.71. The molecule has 30 heavy (non-hydrogen) atoms. The van der Waals surface area contributed by atoms with Gasteiger partial charge in [0.2, 0.25) is 15.9 Å². The first kappa shape index (κ1) is 21.6. The Balaban J connectivity index is 1.49. The molecule has 1 aliphatic heterocycles. The predicted octanol–water partition coefficient (Wildman–Crippen LogP) is 3.07. The summed E-state index contributed by atoms with van der Waals surface area (Å²) < 4.78 is 33.3. The van der Waals surface area contributed by atoms with Crippen molar-refractivity contribution in [2.24, 2.45) is 5.92 Å². The van der Waals surface area contributed by atoms with Crippen LogP contribution in [0.25, 0.3) is 0 Å². The summed E-state index contributed by atoms with van der Waals surface area (Å²) >= 11 is 0. The van der Waals surface area contributed by atoms with E-state index in [1.807, 2.05) is 6.92 Å². The molecule has 0 unspecified atom stereocenters. The second-order valence-corrected chi connectivity index (χ2v) is 10.6. The van der Waals surface area contributed by atoms with Gasteiger partial charge in [0.25, 0.3) is 0 Å². The smallest absolute Gasteiger partial charge is 0.243 e. The Hall–Kier alpha value is -1.64. The SMILES string of the molecule is CCOc1ccc(S(=O)(=O)N2CCCCC2)cc1NC(=O)CN(CC1CC1)C1CC1. The molecule has 2 aliphatic carbocycles. The highest BCUT2D eigenvalue weighted by atomic mass is 32.2. The standard InChI is InChI=1S/C22H33N3O4S/c1-2-29-21-11-10-19(30(27,28)25-12-4-3-5-13-25)14-20(21)23-22(26)16-24(18-8-9-18)15-17-6-7-17/h10-11,14,17-18H,2-9,12-13,15-16H2,1H3,(H,23,26). The minimum Gasteiger partial charge on any atom is -0.492 e. The number of sulfonamides is 1. The summed E-state index contributed by atoms with van der Waals surface area (Å²) in [6, 6.07) is 5.30. The first-order valence-corrected chi connectivity index (χ1v) is 12.7. The average molecular weight is 436 g/mol. The largest absolute Gasteiger partial charge is 0.492 e. The lowest BCUT2D eigenvalue weighted by molar-refractivity contribution is -0.117. The maximum absolute atomic E-state index is 13.1. The summed E-state index contributed by atoms with van der Waals surface area (Å²) in [5, 5.41) is 2.93. The minimum absolute atomic E-state index is 0.115. The van der Waals surface area contributed by atoms with Gasteiger partial charge < -0.3 is 10.1 Å². The van der Waals surface area contributed by atoms with E-state index in [0.717, 1.165) is 44.6 Å². The van der Waals surface area contributed by atoms with Gasteiger partial charge in [-0.1, -0.05) is 6.42 Å². The lowest BCUT2D eigenvalue weighted by atomic mass is 10.2. The lowest BCUT2D eigenvalue weighted by Crippen LogP contribution is -2.36. The molecule has 1 saturated heterocycles. The van der Waals surface area contributed by atoms with Crippen molar-refractivity contribution in [2.75, 3.05) is 38.1 Å². The first-order valence-electron chi connectivity index (χ1n) is 11.3. The summed E-state index contributed by atoms with van der Waals surface area (Å²) in [6.45, 7) is 4.74. The van der Waals surface area contributed by atoms with Crippen molar-refractivity contribution >= 4 is 21.6 Å².